The Morgan fingerprint density at radius 3 is 2.57 bits per heavy atom. The van der Waals surface area contributed by atoms with Gasteiger partial charge >= 0.3 is 6.03 Å². The molecule has 2 aromatic rings. The molecule has 2 aliphatic rings. The van der Waals surface area contributed by atoms with Crippen molar-refractivity contribution in [3.63, 3.8) is 0 Å². The van der Waals surface area contributed by atoms with E-state index in [0.717, 1.165) is 44.3 Å². The molecule has 4 rings (SSSR count). The van der Waals surface area contributed by atoms with Crippen molar-refractivity contribution in [3.05, 3.63) is 71.3 Å². The van der Waals surface area contributed by atoms with Crippen LogP contribution in [0.1, 0.15) is 35.6 Å². The van der Waals surface area contributed by atoms with Crippen LogP contribution in [0.2, 0.25) is 0 Å². The molecule has 2 unspecified atom stereocenters. The van der Waals surface area contributed by atoms with Crippen LogP contribution in [0.4, 0.5) is 4.79 Å². The monoisotopic (exact) mass is 528 g/mol. The molecule has 2 aliphatic heterocycles. The van der Waals surface area contributed by atoms with Crippen molar-refractivity contribution in [2.24, 2.45) is 22.7 Å². The van der Waals surface area contributed by atoms with E-state index < -0.39 is 10.0 Å². The van der Waals surface area contributed by atoms with Crippen LogP contribution in [0.25, 0.3) is 0 Å². The molecule has 5 N–H and O–H groups in total. The first-order valence-corrected chi connectivity index (χ1v) is 14.5. The van der Waals surface area contributed by atoms with Gasteiger partial charge in [-0.05, 0) is 49.0 Å². The van der Waals surface area contributed by atoms with Crippen molar-refractivity contribution in [1.82, 2.24) is 19.8 Å². The van der Waals surface area contributed by atoms with Crippen LogP contribution >= 0.6 is 0 Å². The summed E-state index contributed by atoms with van der Waals surface area (Å²) in [5, 5.41) is 15.2. The van der Waals surface area contributed by atoms with Crippen molar-refractivity contribution in [1.29, 1.82) is 0 Å². The molecule has 10 nitrogen and oxygen atoms in total. The van der Waals surface area contributed by atoms with Crippen LogP contribution in [-0.2, 0) is 16.6 Å². The van der Waals surface area contributed by atoms with Gasteiger partial charge in [-0.25, -0.2) is 17.9 Å². The van der Waals surface area contributed by atoms with Gasteiger partial charge < -0.3 is 21.2 Å². The molecule has 2 atom stereocenters. The fraction of sp³-hybridized carbons (Fsp3) is 0.462. The quantitative estimate of drug-likeness (QED) is 0.170. The van der Waals surface area contributed by atoms with E-state index in [2.05, 4.69) is 44.4 Å². The number of urea groups is 1. The molecule has 0 aromatic heterocycles. The molecule has 0 saturated carbocycles. The first-order valence-electron chi connectivity index (χ1n) is 12.6. The van der Waals surface area contributed by atoms with Gasteiger partial charge in [-0.3, -0.25) is 4.90 Å². The molecule has 2 fully saturated rings. The van der Waals surface area contributed by atoms with E-state index in [1.807, 2.05) is 17.0 Å². The van der Waals surface area contributed by atoms with E-state index in [0.29, 0.717) is 24.6 Å². The Morgan fingerprint density at radius 1 is 1.16 bits per heavy atom. The van der Waals surface area contributed by atoms with Crippen molar-refractivity contribution in [3.8, 4) is 0 Å². The zero-order valence-corrected chi connectivity index (χ0v) is 21.9. The van der Waals surface area contributed by atoms with Crippen LogP contribution < -0.4 is 15.8 Å². The van der Waals surface area contributed by atoms with Crippen LogP contribution in [0.5, 0.6) is 0 Å². The Kier molecular flexibility index (Phi) is 8.67. The molecule has 2 saturated heterocycles. The topological polar surface area (TPSA) is 140 Å². The highest BCUT2D eigenvalue weighted by molar-refractivity contribution is 7.88. The largest absolute Gasteiger partial charge is 0.409 e. The lowest BCUT2D eigenvalue weighted by Gasteiger charge is -2.44. The minimum absolute atomic E-state index is 0.0229. The van der Waals surface area contributed by atoms with Gasteiger partial charge in [0.15, 0.2) is 5.84 Å². The number of nitrogens with zero attached hydrogens (tertiary/aromatic N) is 3. The van der Waals surface area contributed by atoms with E-state index in [1.165, 1.54) is 5.56 Å². The van der Waals surface area contributed by atoms with Crippen LogP contribution in [0, 0.1) is 11.8 Å². The van der Waals surface area contributed by atoms with E-state index in [9.17, 15) is 13.2 Å². The molecule has 2 heterocycles. The summed E-state index contributed by atoms with van der Waals surface area (Å²) in [4.78, 5) is 17.4. The number of carbonyl (C=O) groups excluding carboxylic acids is 1. The van der Waals surface area contributed by atoms with E-state index in [4.69, 9.17) is 10.9 Å². The first kappa shape index (κ1) is 26.9. The predicted octanol–water partition coefficient (Wildman–Crippen LogP) is 1.93. The number of amidine groups is 1. The maximum absolute atomic E-state index is 13.2. The van der Waals surface area contributed by atoms with Gasteiger partial charge in [0.25, 0.3) is 0 Å². The van der Waals surface area contributed by atoms with E-state index in [1.54, 1.807) is 18.2 Å². The number of likely N-dealkylation sites (tertiary alicyclic amines) is 1. The van der Waals surface area contributed by atoms with Crippen LogP contribution in [0.3, 0.4) is 0 Å². The standard InChI is InChI=1S/C26H36N6O4S/c1-37(35,36)29-16-23-15-28-26(33)32(24(23)21-8-5-9-22(14-21)25(27)30-34)18-20-10-12-31(13-11-20)17-19-6-3-2-4-7-19/h2-9,14,20,23-24,29,34H,10-13,15-18H2,1H3,(H2,27,30)(H,28,33). The highest BCUT2D eigenvalue weighted by Gasteiger charge is 2.38. The molecule has 200 valence electrons. The Hall–Kier alpha value is -3.15. The third-order valence-corrected chi connectivity index (χ3v) is 7.90. The summed E-state index contributed by atoms with van der Waals surface area (Å²) in [6.07, 6.45) is 3.07. The zero-order valence-electron chi connectivity index (χ0n) is 21.1. The van der Waals surface area contributed by atoms with E-state index in [-0.39, 0.29) is 30.4 Å². The number of hydrogen-bond acceptors (Lipinski definition) is 6. The molecule has 0 aliphatic carbocycles. The lowest BCUT2D eigenvalue weighted by Crippen LogP contribution is -2.56. The number of benzene rings is 2. The third-order valence-electron chi connectivity index (χ3n) is 7.21. The van der Waals surface area contributed by atoms with Gasteiger partial charge in [0.05, 0.1) is 12.3 Å². The number of oxime groups is 1. The summed E-state index contributed by atoms with van der Waals surface area (Å²) in [7, 11) is -3.40. The Morgan fingerprint density at radius 2 is 1.89 bits per heavy atom. The molecule has 2 amide bonds. The molecule has 37 heavy (non-hydrogen) atoms. The van der Waals surface area contributed by atoms with Crippen molar-refractivity contribution < 1.29 is 18.4 Å². The SMILES string of the molecule is CS(=O)(=O)NCC1CNC(=O)N(CC2CCN(Cc3ccccc3)CC2)C1c1cccc(C(N)=NO)c1. The number of nitrogens with one attached hydrogen (secondary N) is 2. The number of hydrogen-bond donors (Lipinski definition) is 4. The van der Waals surface area contributed by atoms with Crippen molar-refractivity contribution in [2.45, 2.75) is 25.4 Å². The summed E-state index contributed by atoms with van der Waals surface area (Å²) >= 11 is 0. The molecular formula is C26H36N6O4S. The highest BCUT2D eigenvalue weighted by atomic mass is 32.2. The Balaban J connectivity index is 1.52. The zero-order chi connectivity index (χ0) is 26.4. The van der Waals surface area contributed by atoms with Gasteiger partial charge in [0, 0.05) is 37.7 Å². The first-order chi connectivity index (χ1) is 17.7. The van der Waals surface area contributed by atoms with Crippen LogP contribution in [0.15, 0.2) is 59.8 Å². The Bertz CT molecular complexity index is 1200. The second-order valence-electron chi connectivity index (χ2n) is 9.98. The molecule has 0 radical (unpaired) electrons. The number of rotatable bonds is 9. The third kappa shape index (κ3) is 7.21. The van der Waals surface area contributed by atoms with Crippen LogP contribution in [-0.4, -0.2) is 74.3 Å². The second kappa shape index (κ2) is 11.9. The molecule has 0 bridgehead atoms. The number of nitrogens with two attached hydrogens (primary N) is 1. The maximum atomic E-state index is 13.2. The average Bonchev–Trinajstić information content (AvgIpc) is 2.89. The fourth-order valence-electron chi connectivity index (χ4n) is 5.29. The van der Waals surface area contributed by atoms with Crippen molar-refractivity contribution in [2.75, 3.05) is 39.0 Å². The number of piperidine rings is 1. The normalized spacial score (nSPS) is 22.1. The van der Waals surface area contributed by atoms with Gasteiger partial charge in [-0.15, -0.1) is 0 Å². The predicted molar refractivity (Wildman–Crippen MR) is 143 cm³/mol. The van der Waals surface area contributed by atoms with Gasteiger partial charge in [0.2, 0.25) is 10.0 Å². The van der Waals surface area contributed by atoms with Gasteiger partial charge in [-0.1, -0.05) is 53.7 Å². The minimum Gasteiger partial charge on any atom is -0.409 e. The second-order valence-corrected chi connectivity index (χ2v) is 11.8. The maximum Gasteiger partial charge on any atom is 0.317 e. The van der Waals surface area contributed by atoms with E-state index >= 15 is 0 Å². The summed E-state index contributed by atoms with van der Waals surface area (Å²) in [5.74, 6) is 0.104. The Labute approximate surface area is 218 Å². The highest BCUT2D eigenvalue weighted by Crippen LogP contribution is 2.34. The summed E-state index contributed by atoms with van der Waals surface area (Å²) in [6, 6.07) is 17.1. The molecular weight excluding hydrogens is 492 g/mol. The molecule has 11 heteroatoms. The average molecular weight is 529 g/mol. The number of sulfonamides is 1. The number of amides is 2. The smallest absolute Gasteiger partial charge is 0.317 e. The minimum atomic E-state index is -3.40. The lowest BCUT2D eigenvalue weighted by atomic mass is 9.87. The molecule has 0 spiro atoms. The van der Waals surface area contributed by atoms with Crippen molar-refractivity contribution >= 4 is 21.9 Å². The number of carbonyl (C=O) groups is 1. The molecule has 2 aromatic carbocycles. The summed E-state index contributed by atoms with van der Waals surface area (Å²) in [6.45, 7) is 3.92. The summed E-state index contributed by atoms with van der Waals surface area (Å²) < 4.78 is 26.3. The lowest BCUT2D eigenvalue weighted by molar-refractivity contribution is 0.0889. The van der Waals surface area contributed by atoms with Gasteiger partial charge in [-0.2, -0.15) is 0 Å². The summed E-state index contributed by atoms with van der Waals surface area (Å²) in [5.41, 5.74) is 8.49. The fourth-order valence-corrected chi connectivity index (χ4v) is 5.81. The van der Waals surface area contributed by atoms with Gasteiger partial charge in [0.1, 0.15) is 0 Å².